The molecule has 88 valence electrons. The Morgan fingerprint density at radius 3 is 2.06 bits per heavy atom. The normalized spacial score (nSPS) is 10.6. The van der Waals surface area contributed by atoms with Gasteiger partial charge in [-0.15, -0.1) is 0 Å². The average molecular weight is 238 g/mol. The Morgan fingerprint density at radius 1 is 0.824 bits per heavy atom. The third-order valence-corrected chi connectivity index (χ3v) is 2.27. The average Bonchev–Trinajstić information content (AvgIpc) is 2.30. The van der Waals surface area contributed by atoms with Crippen molar-refractivity contribution in [2.24, 2.45) is 0 Å². The first-order valence-corrected chi connectivity index (χ1v) is 4.97. The van der Waals surface area contributed by atoms with Gasteiger partial charge in [0.15, 0.2) is 0 Å². The van der Waals surface area contributed by atoms with Crippen LogP contribution in [0.4, 0.5) is 13.2 Å². The van der Waals surface area contributed by atoms with E-state index in [4.69, 9.17) is 0 Å². The van der Waals surface area contributed by atoms with E-state index in [0.717, 1.165) is 0 Å². The second kappa shape index (κ2) is 4.91. The van der Waals surface area contributed by atoms with Crippen LogP contribution < -0.4 is 4.74 Å². The van der Waals surface area contributed by atoms with Gasteiger partial charge >= 0.3 is 6.61 Å². The first-order chi connectivity index (χ1) is 8.18. The Bertz CT molecular complexity index is 512. The summed E-state index contributed by atoms with van der Waals surface area (Å²) in [6.07, 6.45) is 0. The largest absolute Gasteiger partial charge is 0.434 e. The van der Waals surface area contributed by atoms with E-state index in [-0.39, 0.29) is 11.3 Å². The van der Waals surface area contributed by atoms with Gasteiger partial charge in [0.25, 0.3) is 0 Å². The molecule has 4 heteroatoms. The Morgan fingerprint density at radius 2 is 1.41 bits per heavy atom. The highest BCUT2D eigenvalue weighted by Gasteiger charge is 2.12. The fourth-order valence-electron chi connectivity index (χ4n) is 1.57. The van der Waals surface area contributed by atoms with Crippen molar-refractivity contribution in [2.45, 2.75) is 6.61 Å². The highest BCUT2D eigenvalue weighted by atomic mass is 19.3. The molecule has 0 aromatic heterocycles. The second-order valence-electron chi connectivity index (χ2n) is 3.35. The molecule has 1 nitrogen and oxygen atoms in total. The SMILES string of the molecule is Fc1ccccc1-c1ccccc1OC(F)F. The topological polar surface area (TPSA) is 9.23 Å². The number of para-hydroxylation sites is 1. The molecule has 2 aromatic carbocycles. The molecule has 0 aliphatic rings. The maximum absolute atomic E-state index is 13.5. The molecule has 0 unspecified atom stereocenters. The molecule has 2 aromatic rings. The molecule has 0 heterocycles. The van der Waals surface area contributed by atoms with Gasteiger partial charge in [0.05, 0.1) is 0 Å². The van der Waals surface area contributed by atoms with E-state index >= 15 is 0 Å². The van der Waals surface area contributed by atoms with Gasteiger partial charge in [-0.25, -0.2) is 4.39 Å². The van der Waals surface area contributed by atoms with Crippen molar-refractivity contribution in [3.63, 3.8) is 0 Å². The maximum Gasteiger partial charge on any atom is 0.387 e. The molecule has 2 rings (SSSR count). The smallest absolute Gasteiger partial charge is 0.387 e. The van der Waals surface area contributed by atoms with Gasteiger partial charge in [-0.2, -0.15) is 8.78 Å². The number of hydrogen-bond donors (Lipinski definition) is 0. The van der Waals surface area contributed by atoms with Gasteiger partial charge in [0.1, 0.15) is 11.6 Å². The van der Waals surface area contributed by atoms with Crippen molar-refractivity contribution in [2.75, 3.05) is 0 Å². The number of rotatable bonds is 3. The van der Waals surface area contributed by atoms with E-state index < -0.39 is 12.4 Å². The highest BCUT2D eigenvalue weighted by molar-refractivity contribution is 5.70. The van der Waals surface area contributed by atoms with Crippen molar-refractivity contribution in [3.05, 3.63) is 54.3 Å². The van der Waals surface area contributed by atoms with E-state index in [9.17, 15) is 13.2 Å². The van der Waals surface area contributed by atoms with E-state index in [1.165, 1.54) is 30.3 Å². The molecule has 0 radical (unpaired) electrons. The van der Waals surface area contributed by atoms with Gasteiger partial charge in [0, 0.05) is 11.1 Å². The Labute approximate surface area is 96.5 Å². The fourth-order valence-corrected chi connectivity index (χ4v) is 1.57. The van der Waals surface area contributed by atoms with E-state index in [1.54, 1.807) is 18.2 Å². The second-order valence-corrected chi connectivity index (χ2v) is 3.35. The van der Waals surface area contributed by atoms with Gasteiger partial charge in [0.2, 0.25) is 0 Å². The summed E-state index contributed by atoms with van der Waals surface area (Å²) in [6.45, 7) is -2.93. The molecule has 0 bridgehead atoms. The van der Waals surface area contributed by atoms with Crippen molar-refractivity contribution >= 4 is 0 Å². The lowest BCUT2D eigenvalue weighted by molar-refractivity contribution is -0.0494. The van der Waals surface area contributed by atoms with Crippen molar-refractivity contribution in [3.8, 4) is 16.9 Å². The summed E-state index contributed by atoms with van der Waals surface area (Å²) < 4.78 is 42.3. The van der Waals surface area contributed by atoms with E-state index in [1.807, 2.05) is 0 Å². The van der Waals surface area contributed by atoms with Gasteiger partial charge < -0.3 is 4.74 Å². The van der Waals surface area contributed by atoms with Crippen LogP contribution in [0.5, 0.6) is 5.75 Å². The zero-order chi connectivity index (χ0) is 12.3. The zero-order valence-electron chi connectivity index (χ0n) is 8.74. The van der Waals surface area contributed by atoms with Crippen LogP contribution in [-0.4, -0.2) is 6.61 Å². The minimum atomic E-state index is -2.93. The summed E-state index contributed by atoms with van der Waals surface area (Å²) in [5, 5.41) is 0. The number of alkyl halides is 2. The number of benzene rings is 2. The predicted octanol–water partition coefficient (Wildman–Crippen LogP) is 4.09. The molecule has 0 aliphatic carbocycles. The summed E-state index contributed by atoms with van der Waals surface area (Å²) >= 11 is 0. The quantitative estimate of drug-likeness (QED) is 0.782. The van der Waals surface area contributed by atoms with Crippen LogP contribution in [-0.2, 0) is 0 Å². The minimum Gasteiger partial charge on any atom is -0.434 e. The van der Waals surface area contributed by atoms with Gasteiger partial charge in [-0.1, -0.05) is 36.4 Å². The minimum absolute atomic E-state index is 0.0346. The maximum atomic E-state index is 13.5. The molecule has 0 atom stereocenters. The van der Waals surface area contributed by atoms with Crippen molar-refractivity contribution in [1.82, 2.24) is 0 Å². The zero-order valence-corrected chi connectivity index (χ0v) is 8.74. The summed E-state index contributed by atoms with van der Waals surface area (Å²) in [7, 11) is 0. The third kappa shape index (κ3) is 2.58. The Kier molecular flexibility index (Phi) is 3.32. The molecule has 0 N–H and O–H groups in total. The van der Waals surface area contributed by atoms with Crippen LogP contribution in [0.1, 0.15) is 0 Å². The van der Waals surface area contributed by atoms with Gasteiger partial charge in [-0.05, 0) is 12.1 Å². The van der Waals surface area contributed by atoms with Crippen LogP contribution in [0.25, 0.3) is 11.1 Å². The van der Waals surface area contributed by atoms with E-state index in [2.05, 4.69) is 4.74 Å². The lowest BCUT2D eigenvalue weighted by Crippen LogP contribution is -2.03. The van der Waals surface area contributed by atoms with Crippen molar-refractivity contribution < 1.29 is 17.9 Å². The van der Waals surface area contributed by atoms with E-state index in [0.29, 0.717) is 5.56 Å². The first kappa shape index (κ1) is 11.5. The van der Waals surface area contributed by atoms with Gasteiger partial charge in [-0.3, -0.25) is 0 Å². The van der Waals surface area contributed by atoms with Crippen LogP contribution in [0.2, 0.25) is 0 Å². The molecule has 0 amide bonds. The number of ether oxygens (including phenoxy) is 1. The van der Waals surface area contributed by atoms with Crippen LogP contribution in [0.3, 0.4) is 0 Å². The third-order valence-electron chi connectivity index (χ3n) is 2.27. The van der Waals surface area contributed by atoms with Crippen LogP contribution in [0.15, 0.2) is 48.5 Å². The summed E-state index contributed by atoms with van der Waals surface area (Å²) in [4.78, 5) is 0. The molecular formula is C13H9F3O. The number of hydrogen-bond acceptors (Lipinski definition) is 1. The lowest BCUT2D eigenvalue weighted by Gasteiger charge is -2.10. The van der Waals surface area contributed by atoms with Crippen molar-refractivity contribution in [1.29, 1.82) is 0 Å². The molecular weight excluding hydrogens is 229 g/mol. The Hall–Kier alpha value is -1.97. The monoisotopic (exact) mass is 238 g/mol. The van der Waals surface area contributed by atoms with Crippen LogP contribution in [0, 0.1) is 5.82 Å². The lowest BCUT2D eigenvalue weighted by atomic mass is 10.0. The highest BCUT2D eigenvalue weighted by Crippen LogP contribution is 2.32. The summed E-state index contributed by atoms with van der Waals surface area (Å²) in [6, 6.07) is 12.1. The first-order valence-electron chi connectivity index (χ1n) is 4.97. The molecule has 0 fully saturated rings. The summed E-state index contributed by atoms with van der Waals surface area (Å²) in [5.41, 5.74) is 0.551. The fraction of sp³-hybridized carbons (Fsp3) is 0.0769. The summed E-state index contributed by atoms with van der Waals surface area (Å²) in [5.74, 6) is -0.509. The molecule has 0 spiro atoms. The predicted molar refractivity (Wildman–Crippen MR) is 58.5 cm³/mol. The standard InChI is InChI=1S/C13H9F3O/c14-11-7-3-1-5-9(11)10-6-2-4-8-12(10)17-13(15)16/h1-8,13H. The molecule has 17 heavy (non-hydrogen) atoms. The Balaban J connectivity index is 2.48. The number of halogens is 3. The van der Waals surface area contributed by atoms with Crippen LogP contribution >= 0.6 is 0 Å². The molecule has 0 aliphatic heterocycles. The molecule has 0 saturated heterocycles. The molecule has 0 saturated carbocycles.